The Morgan fingerprint density at radius 1 is 0.585 bits per heavy atom. The van der Waals surface area contributed by atoms with Gasteiger partial charge in [0.2, 0.25) is 0 Å². The number of hydrogen-bond acceptors (Lipinski definition) is 1. The molecule has 2 fully saturated rings. The number of allylic oxidation sites excluding steroid dienone is 2. The molecule has 0 aliphatic heterocycles. The largest absolute Gasteiger partial charge is 0.381 e. The van der Waals surface area contributed by atoms with Crippen LogP contribution in [0.1, 0.15) is 169 Å². The Balaban J connectivity index is 1.03. The van der Waals surface area contributed by atoms with Gasteiger partial charge in [-0.25, -0.2) is 0 Å². The third-order valence-corrected chi connectivity index (χ3v) is 12.4. The van der Waals surface area contributed by atoms with E-state index in [9.17, 15) is 0 Å². The average molecular weight is 567 g/mol. The summed E-state index contributed by atoms with van der Waals surface area (Å²) in [6.07, 6.45) is 36.5. The van der Waals surface area contributed by atoms with Gasteiger partial charge >= 0.3 is 0 Å². The van der Waals surface area contributed by atoms with Crippen LogP contribution in [-0.2, 0) is 4.74 Å². The summed E-state index contributed by atoms with van der Waals surface area (Å²) in [5.74, 6) is 7.91. The zero-order chi connectivity index (χ0) is 28.9. The lowest BCUT2D eigenvalue weighted by molar-refractivity contribution is 0.135. The van der Waals surface area contributed by atoms with Crippen molar-refractivity contribution in [2.75, 3.05) is 13.2 Å². The zero-order valence-corrected chi connectivity index (χ0v) is 28.2. The SMILES string of the molecule is CCCC(C)CC1CCC(C2CC=C(CCOCCC3=CCC(C4CCC(CC(C)CCC)CC4)CC3)CC2)CC1. The lowest BCUT2D eigenvalue weighted by Crippen LogP contribution is -2.24. The summed E-state index contributed by atoms with van der Waals surface area (Å²) in [5.41, 5.74) is 3.38. The van der Waals surface area contributed by atoms with Gasteiger partial charge in [0.1, 0.15) is 0 Å². The van der Waals surface area contributed by atoms with Gasteiger partial charge in [-0.1, -0.05) is 102 Å². The van der Waals surface area contributed by atoms with Gasteiger partial charge in [-0.3, -0.25) is 0 Å². The summed E-state index contributed by atoms with van der Waals surface area (Å²) < 4.78 is 6.17. The molecule has 4 aliphatic carbocycles. The lowest BCUT2D eigenvalue weighted by Gasteiger charge is -2.36. The Morgan fingerprint density at radius 2 is 1.00 bits per heavy atom. The molecule has 0 spiro atoms. The van der Waals surface area contributed by atoms with Crippen LogP contribution in [0.25, 0.3) is 0 Å². The molecule has 0 heterocycles. The second-order valence-corrected chi connectivity index (χ2v) is 15.7. The van der Waals surface area contributed by atoms with Crippen LogP contribution in [0, 0.1) is 47.3 Å². The van der Waals surface area contributed by atoms with E-state index in [1.807, 2.05) is 0 Å². The van der Waals surface area contributed by atoms with Crippen LogP contribution in [0.15, 0.2) is 23.3 Å². The Morgan fingerprint density at radius 3 is 1.34 bits per heavy atom. The predicted octanol–water partition coefficient (Wildman–Crippen LogP) is 12.5. The molecule has 41 heavy (non-hydrogen) atoms. The Kier molecular flexibility index (Phi) is 14.9. The van der Waals surface area contributed by atoms with Gasteiger partial charge in [-0.2, -0.15) is 0 Å². The van der Waals surface area contributed by atoms with Crippen molar-refractivity contribution in [2.45, 2.75) is 169 Å². The fourth-order valence-corrected chi connectivity index (χ4v) is 9.79. The Hall–Kier alpha value is -0.560. The van der Waals surface area contributed by atoms with Crippen LogP contribution in [-0.4, -0.2) is 13.2 Å². The van der Waals surface area contributed by atoms with E-state index in [2.05, 4.69) is 39.8 Å². The van der Waals surface area contributed by atoms with E-state index < -0.39 is 0 Å². The molecule has 1 nitrogen and oxygen atoms in total. The molecule has 0 amide bonds. The monoisotopic (exact) mass is 567 g/mol. The molecule has 0 aromatic rings. The third kappa shape index (κ3) is 11.5. The van der Waals surface area contributed by atoms with Gasteiger partial charge in [0.05, 0.1) is 13.2 Å². The molecule has 0 aromatic carbocycles. The molecule has 1 heteroatoms. The topological polar surface area (TPSA) is 9.23 Å². The zero-order valence-electron chi connectivity index (χ0n) is 28.2. The van der Waals surface area contributed by atoms with Crippen LogP contribution in [0.2, 0.25) is 0 Å². The number of hydrogen-bond donors (Lipinski definition) is 0. The van der Waals surface area contributed by atoms with Crippen molar-refractivity contribution in [1.29, 1.82) is 0 Å². The fraction of sp³-hybridized carbons (Fsp3) is 0.900. The standard InChI is InChI=1S/C40H70O/c1-5-7-31(3)29-35-13-21-39(22-14-35)37-17-9-33(10-18-37)25-27-41-28-26-34-11-19-38(20-12-34)40-23-15-36(16-24-40)30-32(4)8-6-2/h9,11,31-32,35-40H,5-8,10,12-30H2,1-4H3. The van der Waals surface area contributed by atoms with E-state index in [1.54, 1.807) is 11.1 Å². The second kappa shape index (κ2) is 18.3. The van der Waals surface area contributed by atoms with Gasteiger partial charge < -0.3 is 4.74 Å². The summed E-state index contributed by atoms with van der Waals surface area (Å²) in [6.45, 7) is 11.5. The van der Waals surface area contributed by atoms with E-state index in [1.165, 1.54) is 141 Å². The summed E-state index contributed by atoms with van der Waals surface area (Å²) >= 11 is 0. The van der Waals surface area contributed by atoms with Crippen LogP contribution in [0.4, 0.5) is 0 Å². The highest BCUT2D eigenvalue weighted by molar-refractivity contribution is 5.08. The molecule has 236 valence electrons. The van der Waals surface area contributed by atoms with Crippen LogP contribution in [0.3, 0.4) is 0 Å². The van der Waals surface area contributed by atoms with Crippen molar-refractivity contribution in [1.82, 2.24) is 0 Å². The van der Waals surface area contributed by atoms with Crippen molar-refractivity contribution < 1.29 is 4.74 Å². The maximum absolute atomic E-state index is 6.17. The van der Waals surface area contributed by atoms with E-state index in [4.69, 9.17) is 4.74 Å². The average Bonchev–Trinajstić information content (AvgIpc) is 2.99. The second-order valence-electron chi connectivity index (χ2n) is 15.7. The predicted molar refractivity (Wildman–Crippen MR) is 179 cm³/mol. The minimum Gasteiger partial charge on any atom is -0.381 e. The van der Waals surface area contributed by atoms with Gasteiger partial charge in [-0.05, 0) is 137 Å². The fourth-order valence-electron chi connectivity index (χ4n) is 9.79. The van der Waals surface area contributed by atoms with Gasteiger partial charge in [0, 0.05) is 0 Å². The highest BCUT2D eigenvalue weighted by atomic mass is 16.5. The Labute approximate surface area is 257 Å². The minimum atomic E-state index is 0.938. The maximum Gasteiger partial charge on any atom is 0.0503 e. The molecule has 0 N–H and O–H groups in total. The third-order valence-electron chi connectivity index (χ3n) is 12.4. The summed E-state index contributed by atoms with van der Waals surface area (Å²) in [7, 11) is 0. The first-order valence-corrected chi connectivity index (χ1v) is 19.0. The molecular weight excluding hydrogens is 496 g/mol. The molecule has 4 unspecified atom stereocenters. The first kappa shape index (κ1) is 33.3. The van der Waals surface area contributed by atoms with E-state index >= 15 is 0 Å². The van der Waals surface area contributed by atoms with Crippen LogP contribution in [0.5, 0.6) is 0 Å². The van der Waals surface area contributed by atoms with Crippen molar-refractivity contribution in [3.05, 3.63) is 23.3 Å². The van der Waals surface area contributed by atoms with Crippen molar-refractivity contribution in [3.63, 3.8) is 0 Å². The van der Waals surface area contributed by atoms with Crippen LogP contribution >= 0.6 is 0 Å². The Bertz CT molecular complexity index is 698. The molecule has 0 radical (unpaired) electrons. The molecule has 0 bridgehead atoms. The molecule has 2 saturated carbocycles. The van der Waals surface area contributed by atoms with Gasteiger partial charge in [-0.15, -0.1) is 0 Å². The van der Waals surface area contributed by atoms with E-state index in [0.717, 1.165) is 60.6 Å². The summed E-state index contributed by atoms with van der Waals surface area (Å²) in [5, 5.41) is 0. The smallest absolute Gasteiger partial charge is 0.0503 e. The number of rotatable bonds is 16. The highest BCUT2D eigenvalue weighted by Gasteiger charge is 2.30. The first-order chi connectivity index (χ1) is 20.0. The van der Waals surface area contributed by atoms with E-state index in [-0.39, 0.29) is 0 Å². The van der Waals surface area contributed by atoms with Crippen molar-refractivity contribution in [2.24, 2.45) is 47.3 Å². The first-order valence-electron chi connectivity index (χ1n) is 19.0. The molecule has 4 rings (SSSR count). The quantitative estimate of drug-likeness (QED) is 0.133. The van der Waals surface area contributed by atoms with Gasteiger partial charge in [0.15, 0.2) is 0 Å². The van der Waals surface area contributed by atoms with E-state index in [0.29, 0.717) is 0 Å². The minimum absolute atomic E-state index is 0.938. The normalized spacial score (nSPS) is 32.7. The molecule has 4 atom stereocenters. The highest BCUT2D eigenvalue weighted by Crippen LogP contribution is 2.43. The molecule has 0 saturated heterocycles. The maximum atomic E-state index is 6.17. The molecule has 0 aromatic heterocycles. The molecular formula is C40H70O. The van der Waals surface area contributed by atoms with Crippen molar-refractivity contribution >= 4 is 0 Å². The summed E-state index contributed by atoms with van der Waals surface area (Å²) in [4.78, 5) is 0. The molecule has 4 aliphatic rings. The van der Waals surface area contributed by atoms with Gasteiger partial charge in [0.25, 0.3) is 0 Å². The number of ether oxygens (including phenoxy) is 1. The lowest BCUT2D eigenvalue weighted by atomic mass is 9.70. The van der Waals surface area contributed by atoms with Crippen molar-refractivity contribution in [3.8, 4) is 0 Å². The summed E-state index contributed by atoms with van der Waals surface area (Å²) in [6, 6.07) is 0. The van der Waals surface area contributed by atoms with Crippen LogP contribution < -0.4 is 0 Å².